The van der Waals surface area contributed by atoms with Gasteiger partial charge in [-0.25, -0.2) is 4.39 Å². The summed E-state index contributed by atoms with van der Waals surface area (Å²) in [6, 6.07) is 4.55. The number of halogens is 2. The van der Waals surface area contributed by atoms with E-state index in [2.05, 4.69) is 11.2 Å². The van der Waals surface area contributed by atoms with E-state index in [-0.39, 0.29) is 5.82 Å². The van der Waals surface area contributed by atoms with Crippen molar-refractivity contribution >= 4 is 11.6 Å². The number of rotatable bonds is 5. The van der Waals surface area contributed by atoms with E-state index in [1.165, 1.54) is 6.07 Å². The Morgan fingerprint density at radius 1 is 1.47 bits per heavy atom. The van der Waals surface area contributed by atoms with Gasteiger partial charge in [0.2, 0.25) is 0 Å². The molecule has 0 heterocycles. The molecule has 1 aromatic carbocycles. The van der Waals surface area contributed by atoms with Crippen LogP contribution in [-0.4, -0.2) is 6.54 Å². The summed E-state index contributed by atoms with van der Waals surface area (Å²) >= 11 is 5.76. The molecule has 0 unspecified atom stereocenters. The molecule has 0 aliphatic heterocycles. The summed E-state index contributed by atoms with van der Waals surface area (Å²) in [5.74, 6) is 2.32. The maximum Gasteiger partial charge on any atom is 0.127 e. The standard InChI is InChI=1S/C12H13ClFN/c1-2-3-4-7-15-9-10-8-11(13)5-6-12(10)14/h1,5-6,8,15H,3-4,7,9H2. The van der Waals surface area contributed by atoms with Crippen molar-refractivity contribution in [1.29, 1.82) is 0 Å². The normalized spacial score (nSPS) is 9.93. The second-order valence-electron chi connectivity index (χ2n) is 3.22. The molecule has 0 bridgehead atoms. The first-order valence-corrected chi connectivity index (χ1v) is 5.20. The van der Waals surface area contributed by atoms with E-state index in [0.717, 1.165) is 19.4 Å². The third kappa shape index (κ3) is 4.33. The minimum absolute atomic E-state index is 0.233. The topological polar surface area (TPSA) is 12.0 Å². The minimum Gasteiger partial charge on any atom is -0.313 e. The van der Waals surface area contributed by atoms with Crippen LogP contribution in [0.3, 0.4) is 0 Å². The molecule has 1 nitrogen and oxygen atoms in total. The molecular formula is C12H13ClFN. The van der Waals surface area contributed by atoms with Crippen LogP contribution < -0.4 is 5.32 Å². The minimum atomic E-state index is -0.233. The number of benzene rings is 1. The van der Waals surface area contributed by atoms with E-state index in [0.29, 0.717) is 17.1 Å². The van der Waals surface area contributed by atoms with E-state index in [9.17, 15) is 4.39 Å². The summed E-state index contributed by atoms with van der Waals surface area (Å²) in [5, 5.41) is 3.66. The molecular weight excluding hydrogens is 213 g/mol. The first-order chi connectivity index (χ1) is 7.24. The van der Waals surface area contributed by atoms with E-state index in [4.69, 9.17) is 18.0 Å². The van der Waals surface area contributed by atoms with Gasteiger partial charge in [0.05, 0.1) is 0 Å². The summed E-state index contributed by atoms with van der Waals surface area (Å²) in [7, 11) is 0. The van der Waals surface area contributed by atoms with Gasteiger partial charge in [-0.3, -0.25) is 0 Å². The van der Waals surface area contributed by atoms with E-state index >= 15 is 0 Å². The maximum absolute atomic E-state index is 13.2. The number of hydrogen-bond acceptors (Lipinski definition) is 1. The molecule has 3 heteroatoms. The summed E-state index contributed by atoms with van der Waals surface area (Å²) in [6.45, 7) is 1.27. The van der Waals surface area contributed by atoms with Crippen molar-refractivity contribution in [3.8, 4) is 12.3 Å². The van der Waals surface area contributed by atoms with Gasteiger partial charge in [0.15, 0.2) is 0 Å². The lowest BCUT2D eigenvalue weighted by Gasteiger charge is -2.05. The molecule has 0 saturated carbocycles. The average Bonchev–Trinajstić information content (AvgIpc) is 2.23. The lowest BCUT2D eigenvalue weighted by molar-refractivity contribution is 0.583. The fourth-order valence-corrected chi connectivity index (χ4v) is 1.41. The highest BCUT2D eigenvalue weighted by Crippen LogP contribution is 2.14. The van der Waals surface area contributed by atoms with Crippen LogP contribution in [0, 0.1) is 18.2 Å². The number of unbranched alkanes of at least 4 members (excludes halogenated alkanes) is 1. The van der Waals surface area contributed by atoms with Crippen LogP contribution in [0.15, 0.2) is 18.2 Å². The lowest BCUT2D eigenvalue weighted by Crippen LogP contribution is -2.15. The Labute approximate surface area is 94.6 Å². The number of nitrogens with one attached hydrogen (secondary N) is 1. The lowest BCUT2D eigenvalue weighted by atomic mass is 10.2. The Hall–Kier alpha value is -1.04. The molecule has 0 spiro atoms. The van der Waals surface area contributed by atoms with Crippen molar-refractivity contribution in [3.05, 3.63) is 34.6 Å². The van der Waals surface area contributed by atoms with Gasteiger partial charge < -0.3 is 5.32 Å². The molecule has 15 heavy (non-hydrogen) atoms. The van der Waals surface area contributed by atoms with Crippen molar-refractivity contribution in [3.63, 3.8) is 0 Å². The SMILES string of the molecule is C#CCCCNCc1cc(Cl)ccc1F. The highest BCUT2D eigenvalue weighted by Gasteiger charge is 2.01. The fraction of sp³-hybridized carbons (Fsp3) is 0.333. The van der Waals surface area contributed by atoms with Crippen LogP contribution in [0.25, 0.3) is 0 Å². The predicted molar refractivity (Wildman–Crippen MR) is 61.2 cm³/mol. The molecule has 0 atom stereocenters. The third-order valence-corrected chi connectivity index (χ3v) is 2.23. The van der Waals surface area contributed by atoms with Crippen LogP contribution in [0.4, 0.5) is 4.39 Å². The summed E-state index contributed by atoms with van der Waals surface area (Å²) in [5.41, 5.74) is 0.586. The van der Waals surface area contributed by atoms with E-state index in [1.54, 1.807) is 12.1 Å². The second kappa shape index (κ2) is 6.44. The van der Waals surface area contributed by atoms with Crippen LogP contribution in [-0.2, 0) is 6.54 Å². The largest absolute Gasteiger partial charge is 0.313 e. The summed E-state index contributed by atoms with van der Waals surface area (Å²) in [6.07, 6.45) is 6.75. The summed E-state index contributed by atoms with van der Waals surface area (Å²) < 4.78 is 13.2. The second-order valence-corrected chi connectivity index (χ2v) is 3.66. The van der Waals surface area contributed by atoms with Crippen LogP contribution in [0.1, 0.15) is 18.4 Å². The van der Waals surface area contributed by atoms with Gasteiger partial charge in [-0.2, -0.15) is 0 Å². The smallest absolute Gasteiger partial charge is 0.127 e. The zero-order valence-electron chi connectivity index (χ0n) is 8.39. The average molecular weight is 226 g/mol. The van der Waals surface area contributed by atoms with Gasteiger partial charge in [0.25, 0.3) is 0 Å². The zero-order valence-corrected chi connectivity index (χ0v) is 9.15. The Kier molecular flexibility index (Phi) is 5.17. The molecule has 80 valence electrons. The molecule has 0 fully saturated rings. The van der Waals surface area contributed by atoms with Crippen LogP contribution in [0.5, 0.6) is 0 Å². The van der Waals surface area contributed by atoms with Crippen molar-refractivity contribution in [2.75, 3.05) is 6.54 Å². The quantitative estimate of drug-likeness (QED) is 0.600. The molecule has 0 aromatic heterocycles. The van der Waals surface area contributed by atoms with Gasteiger partial charge in [0, 0.05) is 23.6 Å². The predicted octanol–water partition coefficient (Wildman–Crippen LogP) is 2.98. The maximum atomic E-state index is 13.2. The van der Waals surface area contributed by atoms with Gasteiger partial charge >= 0.3 is 0 Å². The van der Waals surface area contributed by atoms with Crippen LogP contribution >= 0.6 is 11.6 Å². The zero-order chi connectivity index (χ0) is 11.1. The molecule has 0 amide bonds. The molecule has 1 rings (SSSR count). The molecule has 0 saturated heterocycles. The molecule has 0 aliphatic carbocycles. The fourth-order valence-electron chi connectivity index (χ4n) is 1.22. The Balaban J connectivity index is 2.37. The highest BCUT2D eigenvalue weighted by molar-refractivity contribution is 6.30. The monoisotopic (exact) mass is 225 g/mol. The van der Waals surface area contributed by atoms with Gasteiger partial charge in [0.1, 0.15) is 5.82 Å². The first-order valence-electron chi connectivity index (χ1n) is 4.82. The highest BCUT2D eigenvalue weighted by atomic mass is 35.5. The molecule has 1 aromatic rings. The molecule has 1 N–H and O–H groups in total. The van der Waals surface area contributed by atoms with Crippen molar-refractivity contribution in [1.82, 2.24) is 5.32 Å². The molecule has 0 radical (unpaired) electrons. The van der Waals surface area contributed by atoms with Crippen molar-refractivity contribution in [2.24, 2.45) is 0 Å². The van der Waals surface area contributed by atoms with Gasteiger partial charge in [-0.15, -0.1) is 12.3 Å². The Morgan fingerprint density at radius 3 is 3.00 bits per heavy atom. The van der Waals surface area contributed by atoms with Gasteiger partial charge in [-0.05, 0) is 31.2 Å². The Bertz CT molecular complexity index is 357. The van der Waals surface area contributed by atoms with Crippen molar-refractivity contribution < 1.29 is 4.39 Å². The third-order valence-electron chi connectivity index (χ3n) is 2.00. The van der Waals surface area contributed by atoms with Crippen LogP contribution in [0.2, 0.25) is 5.02 Å². The van der Waals surface area contributed by atoms with Gasteiger partial charge in [-0.1, -0.05) is 11.6 Å². The first kappa shape index (κ1) is 12.0. The number of hydrogen-bond donors (Lipinski definition) is 1. The van der Waals surface area contributed by atoms with Crippen molar-refractivity contribution in [2.45, 2.75) is 19.4 Å². The Morgan fingerprint density at radius 2 is 2.27 bits per heavy atom. The van der Waals surface area contributed by atoms with E-state index in [1.807, 2.05) is 0 Å². The summed E-state index contributed by atoms with van der Waals surface area (Å²) in [4.78, 5) is 0. The number of terminal acetylenes is 1. The van der Waals surface area contributed by atoms with E-state index < -0.39 is 0 Å². The molecule has 0 aliphatic rings.